The van der Waals surface area contributed by atoms with Crippen LogP contribution in [0, 0.1) is 17.3 Å². The highest BCUT2D eigenvalue weighted by Gasteiger charge is 2.42. The van der Waals surface area contributed by atoms with E-state index in [1.165, 1.54) is 38.5 Å². The first kappa shape index (κ1) is 19.1. The molecule has 0 N–H and O–H groups in total. The molecule has 1 aliphatic rings. The Morgan fingerprint density at radius 3 is 2.24 bits per heavy atom. The van der Waals surface area contributed by atoms with Crippen LogP contribution in [0.2, 0.25) is 0 Å². The van der Waals surface area contributed by atoms with E-state index in [1.54, 1.807) is 6.08 Å². The summed E-state index contributed by atoms with van der Waals surface area (Å²) < 4.78 is 0. The number of hydrogen-bond acceptors (Lipinski definition) is 0. The van der Waals surface area contributed by atoms with E-state index in [2.05, 4.69) is 34.3 Å². The molecular weight excluding hydrogens is 204 g/mol. The van der Waals surface area contributed by atoms with Crippen LogP contribution in [0.3, 0.4) is 0 Å². The Balaban J connectivity index is 0. The molecule has 0 heteroatoms. The Kier molecular flexibility index (Phi) is 10.9. The Bertz CT molecular complexity index is 182. The molecule has 0 spiro atoms. The van der Waals surface area contributed by atoms with Gasteiger partial charge in [0, 0.05) is 0 Å². The third kappa shape index (κ3) is 5.27. The van der Waals surface area contributed by atoms with Crippen molar-refractivity contribution in [2.24, 2.45) is 17.3 Å². The van der Waals surface area contributed by atoms with Crippen molar-refractivity contribution in [2.45, 2.75) is 80.6 Å². The monoisotopic (exact) mass is 240 g/mol. The SMILES string of the molecule is C.C=CC.CCCC[C@@]1(C)C(C)CCC1CC. The summed E-state index contributed by atoms with van der Waals surface area (Å²) in [6.45, 7) is 14.9. The Labute approximate surface area is 111 Å². The molecule has 0 saturated heterocycles. The second-order valence-corrected chi connectivity index (χ2v) is 5.60. The van der Waals surface area contributed by atoms with Gasteiger partial charge in [-0.1, -0.05) is 60.5 Å². The van der Waals surface area contributed by atoms with E-state index < -0.39 is 0 Å². The summed E-state index contributed by atoms with van der Waals surface area (Å²) in [6, 6.07) is 0. The third-order valence-corrected chi connectivity index (χ3v) is 4.57. The first-order valence-electron chi connectivity index (χ1n) is 7.13. The molecule has 3 atom stereocenters. The van der Waals surface area contributed by atoms with Gasteiger partial charge in [0.05, 0.1) is 0 Å². The topological polar surface area (TPSA) is 0 Å². The van der Waals surface area contributed by atoms with Gasteiger partial charge in [0.15, 0.2) is 0 Å². The molecule has 1 aliphatic carbocycles. The van der Waals surface area contributed by atoms with Crippen LogP contribution >= 0.6 is 0 Å². The van der Waals surface area contributed by atoms with Crippen molar-refractivity contribution in [1.82, 2.24) is 0 Å². The van der Waals surface area contributed by atoms with Crippen molar-refractivity contribution in [3.63, 3.8) is 0 Å². The lowest BCUT2D eigenvalue weighted by molar-refractivity contribution is 0.145. The average molecular weight is 240 g/mol. The largest absolute Gasteiger partial charge is 0.103 e. The highest BCUT2D eigenvalue weighted by molar-refractivity contribution is 4.92. The number of unbranched alkanes of at least 4 members (excludes halogenated alkanes) is 1. The lowest BCUT2D eigenvalue weighted by atomic mass is 9.70. The number of rotatable bonds is 4. The van der Waals surface area contributed by atoms with Gasteiger partial charge in [-0.25, -0.2) is 0 Å². The molecule has 104 valence electrons. The fraction of sp³-hybridized carbons (Fsp3) is 0.882. The fourth-order valence-corrected chi connectivity index (χ4v) is 3.19. The van der Waals surface area contributed by atoms with Gasteiger partial charge < -0.3 is 0 Å². The Morgan fingerprint density at radius 2 is 1.82 bits per heavy atom. The molecule has 0 aliphatic heterocycles. The van der Waals surface area contributed by atoms with Crippen LogP contribution in [-0.2, 0) is 0 Å². The maximum absolute atomic E-state index is 3.36. The summed E-state index contributed by atoms with van der Waals surface area (Å²) in [4.78, 5) is 0. The standard InChI is InChI=1S/C13H26.C3H6.CH4/c1-5-7-10-13(4)11(3)8-9-12(13)6-2;1-3-2;/h11-12H,5-10H2,1-4H3;3H,1H2,2H3;1H4/t11?,12?,13-;;/m0../s1. The Hall–Kier alpha value is -0.260. The lowest BCUT2D eigenvalue weighted by Crippen LogP contribution is -2.27. The smallest absolute Gasteiger partial charge is 0.0272 e. The summed E-state index contributed by atoms with van der Waals surface area (Å²) in [7, 11) is 0. The van der Waals surface area contributed by atoms with Crippen LogP contribution in [0.25, 0.3) is 0 Å². The molecule has 1 saturated carbocycles. The van der Waals surface area contributed by atoms with Crippen molar-refractivity contribution in [1.29, 1.82) is 0 Å². The van der Waals surface area contributed by atoms with Gasteiger partial charge in [-0.3, -0.25) is 0 Å². The summed E-state index contributed by atoms with van der Waals surface area (Å²) in [5, 5.41) is 0. The highest BCUT2D eigenvalue weighted by atomic mass is 14.5. The maximum Gasteiger partial charge on any atom is -0.0272 e. The minimum Gasteiger partial charge on any atom is -0.103 e. The summed E-state index contributed by atoms with van der Waals surface area (Å²) >= 11 is 0. The van der Waals surface area contributed by atoms with E-state index in [0.29, 0.717) is 5.41 Å². The quantitative estimate of drug-likeness (QED) is 0.494. The molecule has 0 amide bonds. The minimum atomic E-state index is 0. The predicted molar refractivity (Wildman–Crippen MR) is 82.4 cm³/mol. The van der Waals surface area contributed by atoms with Crippen molar-refractivity contribution >= 4 is 0 Å². The molecule has 17 heavy (non-hydrogen) atoms. The van der Waals surface area contributed by atoms with Gasteiger partial charge in [-0.05, 0) is 43.4 Å². The summed E-state index contributed by atoms with van der Waals surface area (Å²) in [5.41, 5.74) is 0.671. The lowest BCUT2D eigenvalue weighted by Gasteiger charge is -2.35. The van der Waals surface area contributed by atoms with Crippen molar-refractivity contribution < 1.29 is 0 Å². The van der Waals surface area contributed by atoms with Crippen LogP contribution in [0.5, 0.6) is 0 Å². The first-order valence-corrected chi connectivity index (χ1v) is 7.13. The van der Waals surface area contributed by atoms with Crippen molar-refractivity contribution in [3.8, 4) is 0 Å². The van der Waals surface area contributed by atoms with E-state index in [0.717, 1.165) is 11.8 Å². The Morgan fingerprint density at radius 1 is 1.29 bits per heavy atom. The van der Waals surface area contributed by atoms with Crippen LogP contribution in [0.1, 0.15) is 80.6 Å². The molecule has 1 fully saturated rings. The number of hydrogen-bond donors (Lipinski definition) is 0. The molecule has 0 aromatic carbocycles. The molecule has 0 heterocycles. The van der Waals surface area contributed by atoms with Crippen molar-refractivity contribution in [3.05, 3.63) is 12.7 Å². The minimum absolute atomic E-state index is 0. The van der Waals surface area contributed by atoms with Gasteiger partial charge in [-0.15, -0.1) is 6.58 Å². The second-order valence-electron chi connectivity index (χ2n) is 5.60. The van der Waals surface area contributed by atoms with Gasteiger partial charge in [0.25, 0.3) is 0 Å². The average Bonchev–Trinajstić information content (AvgIpc) is 2.54. The van der Waals surface area contributed by atoms with E-state index >= 15 is 0 Å². The zero-order chi connectivity index (χ0) is 12.6. The molecule has 0 nitrogen and oxygen atoms in total. The van der Waals surface area contributed by atoms with Crippen LogP contribution in [0.15, 0.2) is 12.7 Å². The van der Waals surface area contributed by atoms with Gasteiger partial charge >= 0.3 is 0 Å². The van der Waals surface area contributed by atoms with Gasteiger partial charge in [0.2, 0.25) is 0 Å². The normalized spacial score (nSPS) is 31.1. The molecule has 2 unspecified atom stereocenters. The fourth-order valence-electron chi connectivity index (χ4n) is 3.19. The highest BCUT2D eigenvalue weighted by Crippen LogP contribution is 2.51. The summed E-state index contributed by atoms with van der Waals surface area (Å²) in [6.07, 6.45) is 10.3. The predicted octanol–water partition coefficient (Wildman–Crippen LogP) is 6.47. The van der Waals surface area contributed by atoms with E-state index in [4.69, 9.17) is 0 Å². The molecule has 0 radical (unpaired) electrons. The molecule has 0 bridgehead atoms. The number of allylic oxidation sites excluding steroid dienone is 1. The van der Waals surface area contributed by atoms with Crippen LogP contribution < -0.4 is 0 Å². The van der Waals surface area contributed by atoms with Crippen LogP contribution in [0.4, 0.5) is 0 Å². The van der Waals surface area contributed by atoms with E-state index in [9.17, 15) is 0 Å². The zero-order valence-electron chi connectivity index (χ0n) is 12.2. The third-order valence-electron chi connectivity index (χ3n) is 4.57. The molecule has 1 rings (SSSR count). The second kappa shape index (κ2) is 9.74. The maximum atomic E-state index is 3.36. The van der Waals surface area contributed by atoms with E-state index in [1.807, 2.05) is 6.92 Å². The van der Waals surface area contributed by atoms with Gasteiger partial charge in [-0.2, -0.15) is 0 Å². The molecule has 0 aromatic heterocycles. The van der Waals surface area contributed by atoms with Crippen molar-refractivity contribution in [2.75, 3.05) is 0 Å². The molecular formula is C17H36. The zero-order valence-corrected chi connectivity index (χ0v) is 12.2. The van der Waals surface area contributed by atoms with Gasteiger partial charge in [0.1, 0.15) is 0 Å². The first-order chi connectivity index (χ1) is 7.56. The molecule has 0 aromatic rings. The van der Waals surface area contributed by atoms with Crippen LogP contribution in [-0.4, -0.2) is 0 Å². The van der Waals surface area contributed by atoms with E-state index in [-0.39, 0.29) is 7.43 Å². The summed E-state index contributed by atoms with van der Waals surface area (Å²) in [5.74, 6) is 1.97.